The van der Waals surface area contributed by atoms with Gasteiger partial charge in [-0.1, -0.05) is 12.1 Å². The van der Waals surface area contributed by atoms with Crippen LogP contribution < -0.4 is 10.3 Å². The van der Waals surface area contributed by atoms with Crippen molar-refractivity contribution < 1.29 is 14.8 Å². The summed E-state index contributed by atoms with van der Waals surface area (Å²) in [7, 11) is 2.00. The number of hydrogen-bond acceptors (Lipinski definition) is 6. The quantitative estimate of drug-likeness (QED) is 0.495. The van der Waals surface area contributed by atoms with Gasteiger partial charge >= 0.3 is 5.97 Å². The number of piperazine rings is 1. The Morgan fingerprint density at radius 1 is 1.09 bits per heavy atom. The van der Waals surface area contributed by atoms with Crippen molar-refractivity contribution in [3.63, 3.8) is 0 Å². The number of hydrogen-bond donors (Lipinski definition) is 1. The van der Waals surface area contributed by atoms with Crippen molar-refractivity contribution in [3.05, 3.63) is 73.6 Å². The van der Waals surface area contributed by atoms with Crippen LogP contribution in [0.25, 0.3) is 16.6 Å². The van der Waals surface area contributed by atoms with Crippen LogP contribution in [0.4, 0.5) is 11.4 Å². The number of likely N-dealkylation sites (N-methyl/N-ethyl adjacent to an activating group) is 1. The second kappa shape index (κ2) is 8.08. The molecule has 1 aromatic heterocycles. The number of aryl methyl sites for hydroxylation is 1. The van der Waals surface area contributed by atoms with E-state index in [-0.39, 0.29) is 11.1 Å². The molecule has 1 N–H and O–H groups in total. The van der Waals surface area contributed by atoms with Gasteiger partial charge in [-0.15, -0.1) is 0 Å². The Kier molecular flexibility index (Phi) is 5.43. The van der Waals surface area contributed by atoms with Crippen molar-refractivity contribution in [1.82, 2.24) is 9.47 Å². The molecule has 0 aliphatic carbocycles. The Labute approximate surface area is 184 Å². The minimum atomic E-state index is -1.37. The predicted molar refractivity (Wildman–Crippen MR) is 122 cm³/mol. The summed E-state index contributed by atoms with van der Waals surface area (Å²) in [5, 5.41) is 21.5. The zero-order valence-corrected chi connectivity index (χ0v) is 18.2. The topological polar surface area (TPSA) is 109 Å². The molecule has 0 unspecified atom stereocenters. The molecule has 2 heterocycles. The lowest BCUT2D eigenvalue weighted by Crippen LogP contribution is -2.44. The second-order valence-corrected chi connectivity index (χ2v) is 8.17. The van der Waals surface area contributed by atoms with Crippen molar-refractivity contribution in [2.75, 3.05) is 38.1 Å². The maximum atomic E-state index is 13.0. The van der Waals surface area contributed by atoms with Gasteiger partial charge in [-0.05, 0) is 44.2 Å². The normalized spacial score (nSPS) is 14.7. The monoisotopic (exact) mass is 436 g/mol. The Morgan fingerprint density at radius 2 is 1.78 bits per heavy atom. The first-order valence-corrected chi connectivity index (χ1v) is 10.3. The molecule has 166 valence electrons. The van der Waals surface area contributed by atoms with Crippen LogP contribution in [0, 0.1) is 24.0 Å². The number of nitro benzene ring substituents is 1. The summed E-state index contributed by atoms with van der Waals surface area (Å²) in [5.74, 6) is -1.37. The average molecular weight is 436 g/mol. The van der Waals surface area contributed by atoms with E-state index in [1.807, 2.05) is 44.0 Å². The lowest BCUT2D eigenvalue weighted by Gasteiger charge is -2.33. The van der Waals surface area contributed by atoms with Crippen LogP contribution in [0.5, 0.6) is 0 Å². The van der Waals surface area contributed by atoms with Gasteiger partial charge in [0.2, 0.25) is 5.43 Å². The van der Waals surface area contributed by atoms with Gasteiger partial charge in [-0.3, -0.25) is 14.9 Å². The molecule has 9 nitrogen and oxygen atoms in total. The number of benzene rings is 2. The first-order chi connectivity index (χ1) is 15.2. The van der Waals surface area contributed by atoms with E-state index in [1.165, 1.54) is 12.3 Å². The Bertz CT molecular complexity index is 1310. The number of aromatic nitrogens is 1. The van der Waals surface area contributed by atoms with E-state index in [9.17, 15) is 24.8 Å². The Balaban J connectivity index is 2.08. The molecular formula is C23H24N4O5. The van der Waals surface area contributed by atoms with Crippen molar-refractivity contribution in [1.29, 1.82) is 0 Å². The molecule has 0 bridgehead atoms. The van der Waals surface area contributed by atoms with Crippen LogP contribution in [0.2, 0.25) is 0 Å². The third-order valence-corrected chi connectivity index (χ3v) is 6.21. The van der Waals surface area contributed by atoms with Crippen LogP contribution in [0.15, 0.2) is 41.3 Å². The maximum Gasteiger partial charge on any atom is 0.341 e. The lowest BCUT2D eigenvalue weighted by molar-refractivity contribution is -0.384. The standard InChI is InChI=1S/C23H24N4O5/c1-14-5-4-6-18(15(14)2)26-13-17(23(29)30)22(28)16-11-21(27(31)32)20(12-19(16)26)25-9-7-24(3)8-10-25/h4-6,11-13H,7-10H2,1-3H3,(H,29,30). The third kappa shape index (κ3) is 3.60. The second-order valence-electron chi connectivity index (χ2n) is 8.17. The fourth-order valence-corrected chi connectivity index (χ4v) is 4.14. The van der Waals surface area contributed by atoms with Crippen LogP contribution in [-0.4, -0.2) is 58.7 Å². The van der Waals surface area contributed by atoms with Gasteiger partial charge < -0.3 is 19.5 Å². The first kappa shape index (κ1) is 21.5. The summed E-state index contributed by atoms with van der Waals surface area (Å²) >= 11 is 0. The van der Waals surface area contributed by atoms with Gasteiger partial charge in [-0.2, -0.15) is 0 Å². The number of aromatic carboxylic acids is 1. The van der Waals surface area contributed by atoms with Gasteiger partial charge in [0.15, 0.2) is 0 Å². The fourth-order valence-electron chi connectivity index (χ4n) is 4.14. The molecule has 2 aromatic carbocycles. The van der Waals surface area contributed by atoms with Crippen LogP contribution in [-0.2, 0) is 0 Å². The zero-order valence-electron chi connectivity index (χ0n) is 18.2. The minimum Gasteiger partial charge on any atom is -0.477 e. The van der Waals surface area contributed by atoms with Crippen LogP contribution in [0.1, 0.15) is 21.5 Å². The number of nitrogens with zero attached hydrogens (tertiary/aromatic N) is 4. The molecule has 0 amide bonds. The summed E-state index contributed by atoms with van der Waals surface area (Å²) in [4.78, 5) is 40.3. The van der Waals surface area contributed by atoms with E-state index in [0.29, 0.717) is 24.3 Å². The Morgan fingerprint density at radius 3 is 2.41 bits per heavy atom. The minimum absolute atomic E-state index is 0.00961. The molecule has 0 radical (unpaired) electrons. The van der Waals surface area contributed by atoms with Crippen molar-refractivity contribution >= 4 is 28.2 Å². The van der Waals surface area contributed by atoms with E-state index in [1.54, 1.807) is 10.6 Å². The number of anilines is 1. The van der Waals surface area contributed by atoms with E-state index in [2.05, 4.69) is 4.90 Å². The van der Waals surface area contributed by atoms with Crippen molar-refractivity contribution in [2.24, 2.45) is 0 Å². The number of carboxylic acid groups (broad SMARTS) is 1. The van der Waals surface area contributed by atoms with Gasteiger partial charge in [0.05, 0.1) is 15.8 Å². The molecule has 32 heavy (non-hydrogen) atoms. The van der Waals surface area contributed by atoms with Gasteiger partial charge in [-0.25, -0.2) is 4.79 Å². The van der Waals surface area contributed by atoms with Crippen molar-refractivity contribution in [3.8, 4) is 5.69 Å². The first-order valence-electron chi connectivity index (χ1n) is 10.3. The van der Waals surface area contributed by atoms with Crippen molar-refractivity contribution in [2.45, 2.75) is 13.8 Å². The van der Waals surface area contributed by atoms with Gasteiger partial charge in [0.1, 0.15) is 11.3 Å². The number of pyridine rings is 1. The van der Waals surface area contributed by atoms with Gasteiger partial charge in [0.25, 0.3) is 5.69 Å². The molecule has 9 heteroatoms. The van der Waals surface area contributed by atoms with Crippen LogP contribution >= 0.6 is 0 Å². The molecule has 0 spiro atoms. The molecular weight excluding hydrogens is 412 g/mol. The van der Waals surface area contributed by atoms with E-state index < -0.39 is 21.9 Å². The van der Waals surface area contributed by atoms with E-state index in [4.69, 9.17) is 0 Å². The summed E-state index contributed by atoms with van der Waals surface area (Å²) < 4.78 is 1.66. The fraction of sp³-hybridized carbons (Fsp3) is 0.304. The number of carboxylic acids is 1. The zero-order chi connectivity index (χ0) is 23.2. The third-order valence-electron chi connectivity index (χ3n) is 6.21. The Hall–Kier alpha value is -3.72. The summed E-state index contributed by atoms with van der Waals surface area (Å²) in [5.41, 5.74) is 2.15. The predicted octanol–water partition coefficient (Wildman–Crippen LogP) is 2.97. The maximum absolute atomic E-state index is 13.0. The number of nitro groups is 1. The summed E-state index contributed by atoms with van der Waals surface area (Å²) in [6, 6.07) is 8.51. The average Bonchev–Trinajstić information content (AvgIpc) is 2.76. The molecule has 1 fully saturated rings. The largest absolute Gasteiger partial charge is 0.477 e. The molecule has 4 rings (SSSR count). The smallest absolute Gasteiger partial charge is 0.341 e. The summed E-state index contributed by atoms with van der Waals surface area (Å²) in [6.45, 7) is 6.62. The number of fused-ring (bicyclic) bond motifs is 1. The number of carbonyl (C=O) groups is 1. The lowest BCUT2D eigenvalue weighted by atomic mass is 10.0. The number of rotatable bonds is 4. The molecule has 1 saturated heterocycles. The van der Waals surface area contributed by atoms with E-state index >= 15 is 0 Å². The molecule has 1 aliphatic heterocycles. The highest BCUT2D eigenvalue weighted by Gasteiger charge is 2.26. The molecule has 0 saturated carbocycles. The SMILES string of the molecule is Cc1cccc(-n2cc(C(=O)O)c(=O)c3cc([N+](=O)[O-])c(N4CCN(C)CC4)cc32)c1C. The van der Waals surface area contributed by atoms with E-state index in [0.717, 1.165) is 29.9 Å². The summed E-state index contributed by atoms with van der Waals surface area (Å²) in [6.07, 6.45) is 1.31. The highest BCUT2D eigenvalue weighted by molar-refractivity contribution is 5.96. The highest BCUT2D eigenvalue weighted by atomic mass is 16.6. The van der Waals surface area contributed by atoms with Gasteiger partial charge in [0, 0.05) is 44.1 Å². The highest BCUT2D eigenvalue weighted by Crippen LogP contribution is 2.34. The molecule has 1 aliphatic rings. The van der Waals surface area contributed by atoms with Crippen LogP contribution in [0.3, 0.4) is 0 Å². The molecule has 3 aromatic rings. The molecule has 0 atom stereocenters.